The van der Waals surface area contributed by atoms with E-state index in [9.17, 15) is 8.78 Å². The van der Waals surface area contributed by atoms with Crippen molar-refractivity contribution in [1.82, 2.24) is 10.2 Å². The van der Waals surface area contributed by atoms with Crippen LogP contribution < -0.4 is 5.32 Å². The van der Waals surface area contributed by atoms with Crippen LogP contribution in [0.4, 0.5) is 8.78 Å². The first-order valence-corrected chi connectivity index (χ1v) is 7.20. The van der Waals surface area contributed by atoms with E-state index in [0.717, 1.165) is 37.3 Å². The van der Waals surface area contributed by atoms with E-state index in [1.54, 1.807) is 6.07 Å². The molecule has 1 heterocycles. The molecule has 110 valence electrons. The molecule has 2 aromatic rings. The van der Waals surface area contributed by atoms with Crippen LogP contribution in [-0.4, -0.2) is 31.1 Å². The van der Waals surface area contributed by atoms with Crippen LogP contribution in [0.25, 0.3) is 0 Å². The number of hydrogen-bond acceptors (Lipinski definition) is 2. The zero-order chi connectivity index (χ0) is 14.7. The second-order valence-corrected chi connectivity index (χ2v) is 5.27. The molecule has 1 aliphatic rings. The van der Waals surface area contributed by atoms with Gasteiger partial charge in [-0.1, -0.05) is 36.4 Å². The Hall–Kier alpha value is -1.78. The van der Waals surface area contributed by atoms with Gasteiger partial charge in [-0.15, -0.1) is 0 Å². The molecule has 1 fully saturated rings. The van der Waals surface area contributed by atoms with Gasteiger partial charge in [0, 0.05) is 26.2 Å². The lowest BCUT2D eigenvalue weighted by molar-refractivity contribution is 0.198. The molecule has 0 spiro atoms. The summed E-state index contributed by atoms with van der Waals surface area (Å²) in [7, 11) is 0. The van der Waals surface area contributed by atoms with Crippen LogP contribution in [-0.2, 0) is 0 Å². The Kier molecular flexibility index (Phi) is 4.27. The molecule has 1 N–H and O–H groups in total. The third-order valence-corrected chi connectivity index (χ3v) is 3.89. The van der Waals surface area contributed by atoms with Gasteiger partial charge >= 0.3 is 0 Å². The SMILES string of the molecule is Fc1ccc(C(c2ccccc2)N2CCNCC2)cc1F. The van der Waals surface area contributed by atoms with Crippen LogP contribution in [0.5, 0.6) is 0 Å². The minimum Gasteiger partial charge on any atom is -0.314 e. The van der Waals surface area contributed by atoms with E-state index in [-0.39, 0.29) is 6.04 Å². The number of rotatable bonds is 3. The highest BCUT2D eigenvalue weighted by Crippen LogP contribution is 2.29. The molecule has 0 aliphatic carbocycles. The summed E-state index contributed by atoms with van der Waals surface area (Å²) in [4.78, 5) is 2.30. The number of nitrogens with zero attached hydrogens (tertiary/aromatic N) is 1. The largest absolute Gasteiger partial charge is 0.314 e. The Labute approximate surface area is 123 Å². The van der Waals surface area contributed by atoms with Crippen molar-refractivity contribution in [3.8, 4) is 0 Å². The van der Waals surface area contributed by atoms with Crippen LogP contribution in [0.3, 0.4) is 0 Å². The quantitative estimate of drug-likeness (QED) is 0.934. The second kappa shape index (κ2) is 6.33. The van der Waals surface area contributed by atoms with Gasteiger partial charge in [-0.25, -0.2) is 8.78 Å². The molecular formula is C17H18F2N2. The van der Waals surface area contributed by atoms with Crippen molar-refractivity contribution in [1.29, 1.82) is 0 Å². The minimum atomic E-state index is -0.800. The lowest BCUT2D eigenvalue weighted by Gasteiger charge is -2.35. The van der Waals surface area contributed by atoms with E-state index in [0.29, 0.717) is 0 Å². The molecule has 1 atom stereocenters. The summed E-state index contributed by atoms with van der Waals surface area (Å²) in [5, 5.41) is 3.32. The first-order valence-electron chi connectivity index (χ1n) is 7.20. The predicted octanol–water partition coefficient (Wildman–Crippen LogP) is 2.96. The molecule has 1 aliphatic heterocycles. The highest BCUT2D eigenvalue weighted by atomic mass is 19.2. The third kappa shape index (κ3) is 3.12. The van der Waals surface area contributed by atoms with Gasteiger partial charge in [0.25, 0.3) is 0 Å². The molecule has 0 bridgehead atoms. The smallest absolute Gasteiger partial charge is 0.159 e. The van der Waals surface area contributed by atoms with Gasteiger partial charge in [0.1, 0.15) is 0 Å². The van der Waals surface area contributed by atoms with Gasteiger partial charge < -0.3 is 5.32 Å². The Morgan fingerprint density at radius 1 is 0.857 bits per heavy atom. The number of benzene rings is 2. The first kappa shape index (κ1) is 14.2. The summed E-state index contributed by atoms with van der Waals surface area (Å²) in [5.74, 6) is -1.59. The van der Waals surface area contributed by atoms with Crippen LogP contribution in [0.15, 0.2) is 48.5 Å². The molecule has 0 aromatic heterocycles. The molecule has 2 aromatic carbocycles. The summed E-state index contributed by atoms with van der Waals surface area (Å²) in [5.41, 5.74) is 1.90. The molecule has 1 unspecified atom stereocenters. The van der Waals surface area contributed by atoms with Crippen molar-refractivity contribution in [2.45, 2.75) is 6.04 Å². The van der Waals surface area contributed by atoms with Crippen molar-refractivity contribution in [3.05, 3.63) is 71.3 Å². The first-order chi connectivity index (χ1) is 10.3. The van der Waals surface area contributed by atoms with E-state index in [2.05, 4.69) is 10.2 Å². The third-order valence-electron chi connectivity index (χ3n) is 3.89. The fourth-order valence-corrected chi connectivity index (χ4v) is 2.87. The molecule has 21 heavy (non-hydrogen) atoms. The summed E-state index contributed by atoms with van der Waals surface area (Å²) in [6.07, 6.45) is 0. The van der Waals surface area contributed by atoms with Crippen LogP contribution in [0, 0.1) is 11.6 Å². The van der Waals surface area contributed by atoms with Crippen molar-refractivity contribution in [2.24, 2.45) is 0 Å². The standard InChI is InChI=1S/C17H18F2N2/c18-15-7-6-14(12-16(15)19)17(13-4-2-1-3-5-13)21-10-8-20-9-11-21/h1-7,12,17,20H,8-11H2. The van der Waals surface area contributed by atoms with Crippen molar-refractivity contribution in [2.75, 3.05) is 26.2 Å². The zero-order valence-corrected chi connectivity index (χ0v) is 11.7. The van der Waals surface area contributed by atoms with Crippen LogP contribution in [0.1, 0.15) is 17.2 Å². The predicted molar refractivity (Wildman–Crippen MR) is 79.1 cm³/mol. The Bertz CT molecular complexity index is 595. The Morgan fingerprint density at radius 3 is 2.24 bits per heavy atom. The second-order valence-electron chi connectivity index (χ2n) is 5.27. The lowest BCUT2D eigenvalue weighted by Crippen LogP contribution is -2.45. The van der Waals surface area contributed by atoms with E-state index in [1.807, 2.05) is 30.3 Å². The molecule has 1 saturated heterocycles. The van der Waals surface area contributed by atoms with Crippen LogP contribution >= 0.6 is 0 Å². The maximum absolute atomic E-state index is 13.6. The molecular weight excluding hydrogens is 270 g/mol. The lowest BCUT2D eigenvalue weighted by atomic mass is 9.96. The van der Waals surface area contributed by atoms with Crippen LogP contribution in [0.2, 0.25) is 0 Å². The summed E-state index contributed by atoms with van der Waals surface area (Å²) < 4.78 is 26.8. The number of hydrogen-bond donors (Lipinski definition) is 1. The molecule has 0 amide bonds. The minimum absolute atomic E-state index is 0.0385. The van der Waals surface area contributed by atoms with E-state index in [1.165, 1.54) is 12.1 Å². The summed E-state index contributed by atoms with van der Waals surface area (Å²) in [6.45, 7) is 3.59. The normalized spacial score (nSPS) is 17.6. The summed E-state index contributed by atoms with van der Waals surface area (Å²) in [6, 6.07) is 14.2. The molecule has 0 radical (unpaired) electrons. The number of nitrogens with one attached hydrogen (secondary N) is 1. The van der Waals surface area contributed by atoms with Crippen molar-refractivity contribution in [3.63, 3.8) is 0 Å². The molecule has 0 saturated carbocycles. The number of halogens is 2. The Balaban J connectivity index is 2.00. The number of piperazine rings is 1. The van der Waals surface area contributed by atoms with E-state index >= 15 is 0 Å². The van der Waals surface area contributed by atoms with Gasteiger partial charge in [-0.2, -0.15) is 0 Å². The van der Waals surface area contributed by atoms with Gasteiger partial charge in [0.2, 0.25) is 0 Å². The monoisotopic (exact) mass is 288 g/mol. The van der Waals surface area contributed by atoms with Gasteiger partial charge in [0.15, 0.2) is 11.6 Å². The van der Waals surface area contributed by atoms with Gasteiger partial charge in [-0.05, 0) is 23.3 Å². The maximum Gasteiger partial charge on any atom is 0.159 e. The van der Waals surface area contributed by atoms with Crippen molar-refractivity contribution < 1.29 is 8.78 Å². The van der Waals surface area contributed by atoms with E-state index < -0.39 is 11.6 Å². The fraction of sp³-hybridized carbons (Fsp3) is 0.294. The highest BCUT2D eigenvalue weighted by molar-refractivity contribution is 5.32. The average Bonchev–Trinajstić information content (AvgIpc) is 2.53. The van der Waals surface area contributed by atoms with Gasteiger partial charge in [-0.3, -0.25) is 4.90 Å². The molecule has 3 rings (SSSR count). The maximum atomic E-state index is 13.6. The average molecular weight is 288 g/mol. The van der Waals surface area contributed by atoms with Gasteiger partial charge in [0.05, 0.1) is 6.04 Å². The molecule has 4 heteroatoms. The zero-order valence-electron chi connectivity index (χ0n) is 11.7. The Morgan fingerprint density at radius 2 is 1.57 bits per heavy atom. The fourth-order valence-electron chi connectivity index (χ4n) is 2.87. The highest BCUT2D eigenvalue weighted by Gasteiger charge is 2.24. The van der Waals surface area contributed by atoms with Crippen molar-refractivity contribution >= 4 is 0 Å². The topological polar surface area (TPSA) is 15.3 Å². The van der Waals surface area contributed by atoms with E-state index in [4.69, 9.17) is 0 Å². The molecule has 2 nitrogen and oxygen atoms in total. The summed E-state index contributed by atoms with van der Waals surface area (Å²) >= 11 is 0.